The van der Waals surface area contributed by atoms with Crippen molar-refractivity contribution in [1.29, 1.82) is 0 Å². The summed E-state index contributed by atoms with van der Waals surface area (Å²) in [6.07, 6.45) is 8.59. The Morgan fingerprint density at radius 1 is 1.07 bits per heavy atom. The maximum atomic E-state index is 12.0. The Morgan fingerprint density at radius 2 is 1.89 bits per heavy atom. The third-order valence-corrected chi connectivity index (χ3v) is 3.90. The predicted molar refractivity (Wildman–Crippen MR) is 104 cm³/mol. The van der Waals surface area contributed by atoms with E-state index in [1.165, 1.54) is 0 Å². The summed E-state index contributed by atoms with van der Waals surface area (Å²) in [6, 6.07) is 11.0. The van der Waals surface area contributed by atoms with E-state index in [-0.39, 0.29) is 12.5 Å². The number of nitrogens with zero attached hydrogens (tertiary/aromatic N) is 6. The van der Waals surface area contributed by atoms with Gasteiger partial charge in [-0.3, -0.25) is 14.0 Å². The minimum atomic E-state index is -0.138. The van der Waals surface area contributed by atoms with Gasteiger partial charge in [-0.1, -0.05) is 0 Å². The molecule has 3 heterocycles. The Balaban J connectivity index is 1.42. The first-order valence-corrected chi connectivity index (χ1v) is 8.64. The fourth-order valence-corrected chi connectivity index (χ4v) is 2.67. The lowest BCUT2D eigenvalue weighted by atomic mass is 10.2. The van der Waals surface area contributed by atoms with Crippen LogP contribution in [0.2, 0.25) is 0 Å². The number of hydrogen-bond donors (Lipinski definition) is 2. The standard InChI is InChI=1S/C19H18N8O/c1-14-22-17(11-18(23-14)26-10-8-20-13-26)24-15-3-5-16(6-4-15)25-19(28)12-27-9-2-7-21-27/h2-11,13H,12H2,1H3,(H,25,28)(H,22,23,24). The van der Waals surface area contributed by atoms with Gasteiger partial charge in [-0.25, -0.2) is 15.0 Å². The van der Waals surface area contributed by atoms with E-state index in [0.29, 0.717) is 17.3 Å². The SMILES string of the molecule is Cc1nc(Nc2ccc(NC(=O)Cn3cccn3)cc2)cc(-n2ccnc2)n1. The van der Waals surface area contributed by atoms with Gasteiger partial charge in [-0.2, -0.15) is 5.10 Å². The quantitative estimate of drug-likeness (QED) is 0.538. The molecule has 0 saturated carbocycles. The minimum Gasteiger partial charge on any atom is -0.340 e. The molecule has 28 heavy (non-hydrogen) atoms. The van der Waals surface area contributed by atoms with Crippen LogP contribution in [0, 0.1) is 6.92 Å². The van der Waals surface area contributed by atoms with Crippen molar-refractivity contribution in [1.82, 2.24) is 29.3 Å². The molecule has 0 radical (unpaired) electrons. The molecule has 0 spiro atoms. The second-order valence-corrected chi connectivity index (χ2v) is 6.08. The molecule has 140 valence electrons. The zero-order chi connectivity index (χ0) is 19.3. The molecule has 2 N–H and O–H groups in total. The molecule has 0 saturated heterocycles. The van der Waals surface area contributed by atoms with Crippen LogP contribution in [0.4, 0.5) is 17.2 Å². The highest BCUT2D eigenvalue weighted by Gasteiger charge is 2.06. The van der Waals surface area contributed by atoms with E-state index in [2.05, 4.69) is 30.7 Å². The van der Waals surface area contributed by atoms with Crippen LogP contribution in [-0.4, -0.2) is 35.2 Å². The van der Waals surface area contributed by atoms with Crippen LogP contribution in [-0.2, 0) is 11.3 Å². The van der Waals surface area contributed by atoms with Crippen LogP contribution in [0.5, 0.6) is 0 Å². The Kier molecular flexibility index (Phi) is 4.79. The first-order valence-electron chi connectivity index (χ1n) is 8.64. The van der Waals surface area contributed by atoms with Crippen molar-refractivity contribution in [2.75, 3.05) is 10.6 Å². The van der Waals surface area contributed by atoms with E-state index in [0.717, 1.165) is 11.5 Å². The second kappa shape index (κ2) is 7.70. The number of hydrogen-bond acceptors (Lipinski definition) is 6. The third-order valence-electron chi connectivity index (χ3n) is 3.90. The zero-order valence-electron chi connectivity index (χ0n) is 15.1. The van der Waals surface area contributed by atoms with Crippen molar-refractivity contribution in [3.05, 3.63) is 73.3 Å². The van der Waals surface area contributed by atoms with Crippen molar-refractivity contribution in [2.24, 2.45) is 0 Å². The molecule has 0 bridgehead atoms. The van der Waals surface area contributed by atoms with Crippen LogP contribution in [0.15, 0.2) is 67.5 Å². The maximum absolute atomic E-state index is 12.0. The van der Waals surface area contributed by atoms with Crippen LogP contribution in [0.25, 0.3) is 5.82 Å². The Morgan fingerprint density at radius 3 is 2.61 bits per heavy atom. The van der Waals surface area contributed by atoms with Crippen molar-refractivity contribution in [3.8, 4) is 5.82 Å². The summed E-state index contributed by atoms with van der Waals surface area (Å²) in [5.74, 6) is 1.92. The van der Waals surface area contributed by atoms with Gasteiger partial charge >= 0.3 is 0 Å². The Labute approximate surface area is 161 Å². The number of aryl methyl sites for hydroxylation is 1. The molecular formula is C19H18N8O. The molecule has 3 aromatic heterocycles. The summed E-state index contributed by atoms with van der Waals surface area (Å²) in [5, 5.41) is 10.1. The summed E-state index contributed by atoms with van der Waals surface area (Å²) >= 11 is 0. The molecule has 0 aliphatic carbocycles. The van der Waals surface area contributed by atoms with Gasteiger partial charge in [0.15, 0.2) is 0 Å². The zero-order valence-corrected chi connectivity index (χ0v) is 15.1. The molecule has 4 rings (SSSR count). The molecule has 0 unspecified atom stereocenters. The van der Waals surface area contributed by atoms with Crippen LogP contribution in [0.1, 0.15) is 5.82 Å². The van der Waals surface area contributed by atoms with E-state index >= 15 is 0 Å². The number of rotatable bonds is 6. The van der Waals surface area contributed by atoms with Crippen molar-refractivity contribution in [2.45, 2.75) is 13.5 Å². The van der Waals surface area contributed by atoms with Crippen molar-refractivity contribution in [3.63, 3.8) is 0 Å². The maximum Gasteiger partial charge on any atom is 0.246 e. The third kappa shape index (κ3) is 4.21. The topological polar surface area (TPSA) is 103 Å². The largest absolute Gasteiger partial charge is 0.340 e. The van der Waals surface area contributed by atoms with Crippen molar-refractivity contribution >= 4 is 23.1 Å². The summed E-state index contributed by atoms with van der Waals surface area (Å²) in [7, 11) is 0. The van der Waals surface area contributed by atoms with Gasteiger partial charge in [-0.15, -0.1) is 0 Å². The van der Waals surface area contributed by atoms with Gasteiger partial charge < -0.3 is 10.6 Å². The number of nitrogens with one attached hydrogen (secondary N) is 2. The molecule has 9 nitrogen and oxygen atoms in total. The van der Waals surface area contributed by atoms with Gasteiger partial charge in [0.05, 0.1) is 0 Å². The van der Waals surface area contributed by atoms with Crippen molar-refractivity contribution < 1.29 is 4.79 Å². The van der Waals surface area contributed by atoms with Gasteiger partial charge in [0, 0.05) is 42.2 Å². The normalized spacial score (nSPS) is 10.6. The first-order chi connectivity index (χ1) is 13.7. The van der Waals surface area contributed by atoms with Gasteiger partial charge in [0.25, 0.3) is 0 Å². The summed E-state index contributed by atoms with van der Waals surface area (Å²) in [5.41, 5.74) is 1.56. The monoisotopic (exact) mass is 374 g/mol. The molecule has 1 aromatic carbocycles. The summed E-state index contributed by atoms with van der Waals surface area (Å²) in [6.45, 7) is 2.01. The number of amides is 1. The van der Waals surface area contributed by atoms with E-state index < -0.39 is 0 Å². The molecule has 4 aromatic rings. The second-order valence-electron chi connectivity index (χ2n) is 6.08. The lowest BCUT2D eigenvalue weighted by molar-refractivity contribution is -0.116. The number of imidazole rings is 1. The Bertz CT molecular complexity index is 1060. The van der Waals surface area contributed by atoms with E-state index in [1.54, 1.807) is 35.7 Å². The van der Waals surface area contributed by atoms with E-state index in [1.807, 2.05) is 48.0 Å². The molecule has 0 aliphatic rings. The van der Waals surface area contributed by atoms with Gasteiger partial charge in [0.2, 0.25) is 5.91 Å². The molecule has 0 fully saturated rings. The van der Waals surface area contributed by atoms with E-state index in [9.17, 15) is 4.79 Å². The lowest BCUT2D eigenvalue weighted by Gasteiger charge is -2.10. The number of carbonyl (C=O) groups excluding carboxylic acids is 1. The number of anilines is 3. The summed E-state index contributed by atoms with van der Waals surface area (Å²) < 4.78 is 3.39. The molecular weight excluding hydrogens is 356 g/mol. The van der Waals surface area contributed by atoms with Crippen LogP contribution < -0.4 is 10.6 Å². The minimum absolute atomic E-state index is 0.138. The average molecular weight is 374 g/mol. The Hall–Kier alpha value is -4.01. The molecule has 0 aliphatic heterocycles. The smallest absolute Gasteiger partial charge is 0.246 e. The highest BCUT2D eigenvalue weighted by atomic mass is 16.2. The molecule has 0 atom stereocenters. The fraction of sp³-hybridized carbons (Fsp3) is 0.105. The summed E-state index contributed by atoms with van der Waals surface area (Å²) in [4.78, 5) is 24.9. The lowest BCUT2D eigenvalue weighted by Crippen LogP contribution is -2.18. The van der Waals surface area contributed by atoms with Crippen LogP contribution in [0.3, 0.4) is 0 Å². The van der Waals surface area contributed by atoms with Gasteiger partial charge in [-0.05, 0) is 37.3 Å². The average Bonchev–Trinajstić information content (AvgIpc) is 3.37. The fourth-order valence-electron chi connectivity index (χ4n) is 2.67. The highest BCUT2D eigenvalue weighted by molar-refractivity contribution is 5.90. The molecule has 9 heteroatoms. The highest BCUT2D eigenvalue weighted by Crippen LogP contribution is 2.19. The van der Waals surface area contributed by atoms with Gasteiger partial charge in [0.1, 0.15) is 30.3 Å². The first kappa shape index (κ1) is 17.4. The number of carbonyl (C=O) groups is 1. The van der Waals surface area contributed by atoms with Crippen LogP contribution >= 0.6 is 0 Å². The number of benzene rings is 1. The molecule has 1 amide bonds. The predicted octanol–water partition coefficient (Wildman–Crippen LogP) is 2.55. The number of aromatic nitrogens is 6. The van der Waals surface area contributed by atoms with E-state index in [4.69, 9.17) is 0 Å².